The van der Waals surface area contributed by atoms with Crippen LogP contribution in [0.5, 0.6) is 0 Å². The van der Waals surface area contributed by atoms with Crippen molar-refractivity contribution in [2.45, 2.75) is 19.0 Å². The third-order valence-electron chi connectivity index (χ3n) is 3.73. The molecule has 0 saturated carbocycles. The zero-order chi connectivity index (χ0) is 13.9. The number of aliphatic hydroxyl groups is 1. The maximum atomic E-state index is 12.3. The summed E-state index contributed by atoms with van der Waals surface area (Å²) in [4.78, 5) is 12.3. The molecule has 5 nitrogen and oxygen atoms in total. The predicted molar refractivity (Wildman–Crippen MR) is 71.3 cm³/mol. The summed E-state index contributed by atoms with van der Waals surface area (Å²) in [5, 5.41) is 12.3. The molecule has 4 N–H and O–H groups in total. The lowest BCUT2D eigenvalue weighted by Gasteiger charge is -2.28. The number of benzene rings is 1. The van der Waals surface area contributed by atoms with E-state index in [1.54, 1.807) is 6.92 Å². The van der Waals surface area contributed by atoms with Gasteiger partial charge in [-0.15, -0.1) is 0 Å². The quantitative estimate of drug-likeness (QED) is 0.725. The van der Waals surface area contributed by atoms with Crippen LogP contribution in [0, 0.1) is 5.41 Å². The largest absolute Gasteiger partial charge is 0.394 e. The van der Waals surface area contributed by atoms with Gasteiger partial charge in [0.2, 0.25) is 5.91 Å². The Balaban J connectivity index is 2.09. The molecular weight excluding hydrogens is 244 g/mol. The number of carbonyl (C=O) groups is 1. The summed E-state index contributed by atoms with van der Waals surface area (Å²) in [5.74, 6) is -0.180. The average Bonchev–Trinajstić information content (AvgIpc) is 2.78. The second-order valence-electron chi connectivity index (χ2n) is 5.16. The molecule has 0 aliphatic carbocycles. The van der Waals surface area contributed by atoms with Gasteiger partial charge in [-0.2, -0.15) is 0 Å². The number of amides is 1. The van der Waals surface area contributed by atoms with Gasteiger partial charge >= 0.3 is 0 Å². The van der Waals surface area contributed by atoms with Gasteiger partial charge in [0.25, 0.3) is 0 Å². The summed E-state index contributed by atoms with van der Waals surface area (Å²) in [6.07, 6.45) is 0. The van der Waals surface area contributed by atoms with Crippen LogP contribution in [0.15, 0.2) is 30.3 Å². The molecule has 2 rings (SSSR count). The number of carbonyl (C=O) groups excluding carboxylic acids is 1. The van der Waals surface area contributed by atoms with E-state index in [4.69, 9.17) is 10.5 Å². The van der Waals surface area contributed by atoms with Gasteiger partial charge < -0.3 is 20.9 Å². The molecule has 1 fully saturated rings. The zero-order valence-corrected chi connectivity index (χ0v) is 11.0. The van der Waals surface area contributed by atoms with Crippen molar-refractivity contribution in [2.24, 2.45) is 11.1 Å². The van der Waals surface area contributed by atoms with Crippen molar-refractivity contribution >= 4 is 5.91 Å². The highest BCUT2D eigenvalue weighted by atomic mass is 16.5. The van der Waals surface area contributed by atoms with E-state index < -0.39 is 11.5 Å². The molecule has 1 aliphatic rings. The number of hydrogen-bond donors (Lipinski definition) is 3. The number of aliphatic hydroxyl groups excluding tert-OH is 1. The van der Waals surface area contributed by atoms with Gasteiger partial charge in [0.05, 0.1) is 31.3 Å². The highest BCUT2D eigenvalue weighted by molar-refractivity contribution is 5.84. The normalized spacial score (nSPS) is 28.1. The molecule has 2 unspecified atom stereocenters. The minimum Gasteiger partial charge on any atom is -0.394 e. The van der Waals surface area contributed by atoms with E-state index in [0.29, 0.717) is 13.2 Å². The summed E-state index contributed by atoms with van der Waals surface area (Å²) in [6.45, 7) is 2.34. The van der Waals surface area contributed by atoms with E-state index in [1.807, 2.05) is 30.3 Å². The fraction of sp³-hybridized carbons (Fsp3) is 0.500. The molecule has 3 atom stereocenters. The molecule has 104 valence electrons. The van der Waals surface area contributed by atoms with Crippen LogP contribution in [-0.4, -0.2) is 36.9 Å². The summed E-state index contributed by atoms with van der Waals surface area (Å²) < 4.78 is 5.27. The molecule has 1 amide bonds. The van der Waals surface area contributed by atoms with E-state index in [1.165, 1.54) is 0 Å². The lowest BCUT2D eigenvalue weighted by Crippen LogP contribution is -2.51. The topological polar surface area (TPSA) is 84.6 Å². The van der Waals surface area contributed by atoms with E-state index in [0.717, 1.165) is 5.56 Å². The SMILES string of the molecule is CC1(C(=O)N[C@@H](CO)c2ccccc2)COCC1N. The van der Waals surface area contributed by atoms with Crippen molar-refractivity contribution in [2.75, 3.05) is 19.8 Å². The first-order chi connectivity index (χ1) is 9.08. The van der Waals surface area contributed by atoms with Crippen LogP contribution in [-0.2, 0) is 9.53 Å². The van der Waals surface area contributed by atoms with Crippen molar-refractivity contribution in [1.29, 1.82) is 0 Å². The van der Waals surface area contributed by atoms with Gasteiger partial charge in [0, 0.05) is 6.04 Å². The molecule has 19 heavy (non-hydrogen) atoms. The minimum absolute atomic E-state index is 0.151. The Morgan fingerprint density at radius 3 is 2.79 bits per heavy atom. The second-order valence-corrected chi connectivity index (χ2v) is 5.16. The van der Waals surface area contributed by atoms with Crippen molar-refractivity contribution in [3.63, 3.8) is 0 Å². The van der Waals surface area contributed by atoms with E-state index in [-0.39, 0.29) is 18.6 Å². The van der Waals surface area contributed by atoms with Crippen molar-refractivity contribution in [3.8, 4) is 0 Å². The second kappa shape index (κ2) is 5.69. The first-order valence-corrected chi connectivity index (χ1v) is 6.38. The fourth-order valence-electron chi connectivity index (χ4n) is 2.17. The average molecular weight is 264 g/mol. The molecule has 0 aromatic heterocycles. The molecule has 0 bridgehead atoms. The van der Waals surface area contributed by atoms with Gasteiger partial charge in [0.1, 0.15) is 0 Å². The van der Waals surface area contributed by atoms with Crippen molar-refractivity contribution in [1.82, 2.24) is 5.32 Å². The first kappa shape index (κ1) is 14.0. The van der Waals surface area contributed by atoms with Crippen LogP contribution in [0.4, 0.5) is 0 Å². The number of ether oxygens (including phenoxy) is 1. The fourth-order valence-corrected chi connectivity index (χ4v) is 2.17. The molecule has 0 radical (unpaired) electrons. The smallest absolute Gasteiger partial charge is 0.230 e. The lowest BCUT2D eigenvalue weighted by molar-refractivity contribution is -0.131. The minimum atomic E-state index is -0.734. The summed E-state index contributed by atoms with van der Waals surface area (Å²) in [7, 11) is 0. The van der Waals surface area contributed by atoms with Gasteiger partial charge in [-0.05, 0) is 12.5 Å². The maximum Gasteiger partial charge on any atom is 0.230 e. The maximum absolute atomic E-state index is 12.3. The molecular formula is C14H20N2O3. The zero-order valence-electron chi connectivity index (χ0n) is 11.0. The Hall–Kier alpha value is -1.43. The number of hydrogen-bond acceptors (Lipinski definition) is 4. The van der Waals surface area contributed by atoms with Gasteiger partial charge in [-0.1, -0.05) is 30.3 Å². The number of nitrogens with two attached hydrogens (primary N) is 1. The van der Waals surface area contributed by atoms with Crippen LogP contribution in [0.1, 0.15) is 18.5 Å². The standard InChI is InChI=1S/C14H20N2O3/c1-14(9-19-8-12(14)15)13(18)16-11(7-17)10-5-3-2-4-6-10/h2-6,11-12,17H,7-9,15H2,1H3,(H,16,18)/t11-,12?,14?/m0/s1. The highest BCUT2D eigenvalue weighted by Gasteiger charge is 2.44. The molecule has 1 heterocycles. The van der Waals surface area contributed by atoms with Gasteiger partial charge in [-0.25, -0.2) is 0 Å². The number of nitrogens with one attached hydrogen (secondary N) is 1. The Kier molecular flexibility index (Phi) is 4.19. The number of rotatable bonds is 4. The third kappa shape index (κ3) is 2.78. The van der Waals surface area contributed by atoms with Gasteiger partial charge in [0.15, 0.2) is 0 Å². The Morgan fingerprint density at radius 2 is 2.26 bits per heavy atom. The van der Waals surface area contributed by atoms with E-state index in [2.05, 4.69) is 5.32 Å². The lowest BCUT2D eigenvalue weighted by atomic mass is 9.84. The van der Waals surface area contributed by atoms with Gasteiger partial charge in [-0.3, -0.25) is 4.79 Å². The molecule has 0 spiro atoms. The highest BCUT2D eigenvalue weighted by Crippen LogP contribution is 2.28. The van der Waals surface area contributed by atoms with E-state index in [9.17, 15) is 9.90 Å². The summed E-state index contributed by atoms with van der Waals surface area (Å²) in [5.41, 5.74) is 6.06. The Morgan fingerprint density at radius 1 is 1.58 bits per heavy atom. The van der Waals surface area contributed by atoms with Crippen LogP contribution in [0.25, 0.3) is 0 Å². The summed E-state index contributed by atoms with van der Waals surface area (Å²) >= 11 is 0. The monoisotopic (exact) mass is 264 g/mol. The van der Waals surface area contributed by atoms with E-state index >= 15 is 0 Å². The Labute approximate surface area is 112 Å². The first-order valence-electron chi connectivity index (χ1n) is 6.38. The molecule has 1 aromatic rings. The predicted octanol–water partition coefficient (Wildman–Crippen LogP) is 0.200. The Bertz CT molecular complexity index is 438. The van der Waals surface area contributed by atoms with Crippen LogP contribution < -0.4 is 11.1 Å². The molecule has 1 saturated heterocycles. The third-order valence-corrected chi connectivity index (χ3v) is 3.73. The molecule has 1 aromatic carbocycles. The molecule has 5 heteroatoms. The van der Waals surface area contributed by atoms with Crippen molar-refractivity contribution in [3.05, 3.63) is 35.9 Å². The van der Waals surface area contributed by atoms with Crippen LogP contribution in [0.2, 0.25) is 0 Å². The van der Waals surface area contributed by atoms with Crippen molar-refractivity contribution < 1.29 is 14.6 Å². The molecule has 1 aliphatic heterocycles. The summed E-state index contributed by atoms with van der Waals surface area (Å²) in [6, 6.07) is 8.64. The van der Waals surface area contributed by atoms with Crippen LogP contribution in [0.3, 0.4) is 0 Å². The van der Waals surface area contributed by atoms with Crippen LogP contribution >= 0.6 is 0 Å².